The van der Waals surface area contributed by atoms with Gasteiger partial charge in [-0.2, -0.15) is 0 Å². The van der Waals surface area contributed by atoms with Gasteiger partial charge in [-0.25, -0.2) is 9.78 Å². The Labute approximate surface area is 137 Å². The summed E-state index contributed by atoms with van der Waals surface area (Å²) in [6.45, 7) is 6.03. The Hall–Kier alpha value is -1.68. The Balaban J connectivity index is 1.71. The summed E-state index contributed by atoms with van der Waals surface area (Å²) in [6, 6.07) is 20.8. The second-order valence-electron chi connectivity index (χ2n) is 6.99. The molecule has 0 aromatic heterocycles. The molecule has 1 aliphatic carbocycles. The van der Waals surface area contributed by atoms with Crippen LogP contribution in [0.25, 0.3) is 0 Å². The summed E-state index contributed by atoms with van der Waals surface area (Å²) in [5, 5.41) is 0. The third-order valence-corrected chi connectivity index (χ3v) is 5.01. The van der Waals surface area contributed by atoms with Gasteiger partial charge in [0.15, 0.2) is 11.4 Å². The van der Waals surface area contributed by atoms with Gasteiger partial charge in [0.1, 0.15) is 6.10 Å². The van der Waals surface area contributed by atoms with Gasteiger partial charge in [0.25, 0.3) is 0 Å². The zero-order valence-electron chi connectivity index (χ0n) is 13.7. The molecular formula is C20H22O3. The number of fused-ring (bicyclic) bond motifs is 1. The topological polar surface area (TPSA) is 27.7 Å². The van der Waals surface area contributed by atoms with Crippen LogP contribution in [0, 0.1) is 5.92 Å². The number of benzene rings is 2. The fourth-order valence-electron chi connectivity index (χ4n) is 3.82. The summed E-state index contributed by atoms with van der Waals surface area (Å²) in [4.78, 5) is 11.5. The highest BCUT2D eigenvalue weighted by molar-refractivity contribution is 5.38. The molecule has 0 amide bonds. The number of hydrogen-bond donors (Lipinski definition) is 0. The molecule has 2 aliphatic rings. The zero-order valence-corrected chi connectivity index (χ0v) is 13.7. The molecule has 0 radical (unpaired) electrons. The van der Waals surface area contributed by atoms with Gasteiger partial charge in [-0.1, -0.05) is 67.6 Å². The summed E-state index contributed by atoms with van der Waals surface area (Å²) in [5.41, 5.74) is 1.91. The van der Waals surface area contributed by atoms with Crippen LogP contribution in [0.5, 0.6) is 0 Å². The highest BCUT2D eigenvalue weighted by atomic mass is 17.3. The van der Waals surface area contributed by atoms with Crippen molar-refractivity contribution in [3.63, 3.8) is 0 Å². The van der Waals surface area contributed by atoms with Crippen LogP contribution in [0.15, 0.2) is 60.7 Å². The molecular weight excluding hydrogens is 288 g/mol. The van der Waals surface area contributed by atoms with Crippen LogP contribution in [-0.2, 0) is 20.1 Å². The predicted molar refractivity (Wildman–Crippen MR) is 87.6 cm³/mol. The Morgan fingerprint density at radius 1 is 0.870 bits per heavy atom. The fourth-order valence-corrected chi connectivity index (χ4v) is 3.82. The van der Waals surface area contributed by atoms with Crippen molar-refractivity contribution in [1.29, 1.82) is 0 Å². The Kier molecular flexibility index (Phi) is 3.34. The van der Waals surface area contributed by atoms with Crippen molar-refractivity contribution < 1.29 is 14.5 Å². The lowest BCUT2D eigenvalue weighted by molar-refractivity contribution is -0.483. The van der Waals surface area contributed by atoms with Crippen LogP contribution < -0.4 is 0 Å². The van der Waals surface area contributed by atoms with Crippen LogP contribution in [0.2, 0.25) is 0 Å². The van der Waals surface area contributed by atoms with E-state index < -0.39 is 11.4 Å². The van der Waals surface area contributed by atoms with Crippen molar-refractivity contribution in [3.05, 3.63) is 71.8 Å². The van der Waals surface area contributed by atoms with E-state index in [0.717, 1.165) is 5.56 Å². The summed E-state index contributed by atoms with van der Waals surface area (Å²) >= 11 is 0. The van der Waals surface area contributed by atoms with Crippen molar-refractivity contribution in [3.8, 4) is 0 Å². The minimum absolute atomic E-state index is 0.00357. The molecule has 3 nitrogen and oxygen atoms in total. The Morgan fingerprint density at radius 2 is 1.48 bits per heavy atom. The van der Waals surface area contributed by atoms with Crippen molar-refractivity contribution >= 4 is 0 Å². The maximum atomic E-state index is 6.21. The van der Waals surface area contributed by atoms with Crippen molar-refractivity contribution in [2.24, 2.45) is 5.92 Å². The highest BCUT2D eigenvalue weighted by Gasteiger charge is 2.75. The molecule has 0 bridgehead atoms. The molecule has 0 N–H and O–H groups in total. The fraction of sp³-hybridized carbons (Fsp3) is 0.400. The van der Waals surface area contributed by atoms with Gasteiger partial charge < -0.3 is 4.74 Å². The summed E-state index contributed by atoms with van der Waals surface area (Å²) in [6.07, 6.45) is 0.00357. The standard InChI is InChI=1S/C20H22O3/c1-14(15-10-6-4-7-11-15)17-18-20(17,16-12-8-5-9-13-16)23-22-19(2,3)21-18/h4-14,17-18H,1-3H3/t14?,17?,18-,20+/m0/s1. The van der Waals surface area contributed by atoms with Crippen molar-refractivity contribution in [2.45, 2.75) is 44.2 Å². The van der Waals surface area contributed by atoms with Crippen molar-refractivity contribution in [2.75, 3.05) is 0 Å². The molecule has 0 spiro atoms. The Bertz CT molecular complexity index is 683. The van der Waals surface area contributed by atoms with E-state index in [0.29, 0.717) is 5.92 Å². The molecule has 2 aromatic carbocycles. The number of rotatable bonds is 3. The van der Waals surface area contributed by atoms with Crippen LogP contribution in [0.1, 0.15) is 37.8 Å². The lowest BCUT2D eigenvalue weighted by Gasteiger charge is -2.33. The largest absolute Gasteiger partial charge is 0.340 e. The first kappa shape index (κ1) is 14.9. The van der Waals surface area contributed by atoms with Gasteiger partial charge in [0.2, 0.25) is 0 Å². The van der Waals surface area contributed by atoms with E-state index in [2.05, 4.69) is 43.3 Å². The smallest absolute Gasteiger partial charge is 0.196 e. The maximum Gasteiger partial charge on any atom is 0.196 e. The molecule has 23 heavy (non-hydrogen) atoms. The molecule has 1 aliphatic heterocycles. The van der Waals surface area contributed by atoms with Crippen molar-refractivity contribution in [1.82, 2.24) is 0 Å². The van der Waals surface area contributed by atoms with Gasteiger partial charge >= 0.3 is 0 Å². The van der Waals surface area contributed by atoms with Gasteiger partial charge in [0.05, 0.1) is 0 Å². The lowest BCUT2D eigenvalue weighted by atomic mass is 9.92. The second-order valence-corrected chi connectivity index (χ2v) is 6.99. The van der Waals surface area contributed by atoms with E-state index in [-0.39, 0.29) is 12.0 Å². The first-order valence-corrected chi connectivity index (χ1v) is 8.20. The van der Waals surface area contributed by atoms with E-state index in [1.807, 2.05) is 38.1 Å². The van der Waals surface area contributed by atoms with E-state index >= 15 is 0 Å². The predicted octanol–water partition coefficient (Wildman–Crippen LogP) is 4.40. The minimum Gasteiger partial charge on any atom is -0.340 e. The average Bonchev–Trinajstić information content (AvgIpc) is 3.23. The first-order valence-electron chi connectivity index (χ1n) is 8.20. The molecule has 1 saturated carbocycles. The monoisotopic (exact) mass is 310 g/mol. The van der Waals surface area contributed by atoms with E-state index in [1.54, 1.807) is 0 Å². The first-order chi connectivity index (χ1) is 11.0. The summed E-state index contributed by atoms with van der Waals surface area (Å²) < 4.78 is 6.21. The second kappa shape index (κ2) is 5.17. The minimum atomic E-state index is -0.714. The van der Waals surface area contributed by atoms with Gasteiger partial charge in [0, 0.05) is 5.92 Å². The van der Waals surface area contributed by atoms with E-state index in [4.69, 9.17) is 14.5 Å². The number of ether oxygens (including phenoxy) is 1. The molecule has 1 heterocycles. The summed E-state index contributed by atoms with van der Waals surface area (Å²) in [7, 11) is 0. The normalized spacial score (nSPS) is 32.8. The quantitative estimate of drug-likeness (QED) is 0.787. The van der Waals surface area contributed by atoms with Gasteiger partial charge in [-0.15, -0.1) is 0 Å². The van der Waals surface area contributed by atoms with Gasteiger partial charge in [-0.05, 0) is 30.9 Å². The number of hydrogen-bond acceptors (Lipinski definition) is 3. The third-order valence-electron chi connectivity index (χ3n) is 5.01. The average molecular weight is 310 g/mol. The molecule has 4 rings (SSSR count). The SMILES string of the molecule is CC(c1ccccc1)C1[C@@H]2OC(C)(C)OO[C@]12c1ccccc1. The molecule has 3 heteroatoms. The molecule has 2 aromatic rings. The maximum absolute atomic E-state index is 6.21. The molecule has 120 valence electrons. The Morgan fingerprint density at radius 3 is 2.13 bits per heavy atom. The highest BCUT2D eigenvalue weighted by Crippen LogP contribution is 2.65. The van der Waals surface area contributed by atoms with E-state index in [9.17, 15) is 0 Å². The zero-order chi connectivity index (χ0) is 16.1. The lowest BCUT2D eigenvalue weighted by Crippen LogP contribution is -2.39. The van der Waals surface area contributed by atoms with E-state index in [1.165, 1.54) is 5.56 Å². The molecule has 2 unspecified atom stereocenters. The van der Waals surface area contributed by atoms with Crippen LogP contribution in [-0.4, -0.2) is 11.9 Å². The third kappa shape index (κ3) is 2.31. The van der Waals surface area contributed by atoms with Gasteiger partial charge in [-0.3, -0.25) is 0 Å². The van der Waals surface area contributed by atoms with Crippen LogP contribution in [0.4, 0.5) is 0 Å². The molecule has 2 fully saturated rings. The molecule has 4 atom stereocenters. The summed E-state index contributed by atoms with van der Waals surface area (Å²) in [5.74, 6) is -0.165. The molecule has 1 saturated heterocycles. The van der Waals surface area contributed by atoms with Crippen LogP contribution in [0.3, 0.4) is 0 Å². The van der Waals surface area contributed by atoms with Crippen LogP contribution >= 0.6 is 0 Å².